The lowest BCUT2D eigenvalue weighted by Gasteiger charge is -2.13. The number of hydrogen-bond acceptors (Lipinski definition) is 7. The summed E-state index contributed by atoms with van der Waals surface area (Å²) in [5.41, 5.74) is -1.49. The van der Waals surface area contributed by atoms with Gasteiger partial charge in [-0.3, -0.25) is 19.1 Å². The van der Waals surface area contributed by atoms with Crippen LogP contribution in [-0.2, 0) is 17.4 Å². The fourth-order valence-corrected chi connectivity index (χ4v) is 4.46. The van der Waals surface area contributed by atoms with E-state index in [0.29, 0.717) is 23.9 Å². The molecule has 0 spiro atoms. The van der Waals surface area contributed by atoms with E-state index in [1.54, 1.807) is 28.8 Å². The van der Waals surface area contributed by atoms with Gasteiger partial charge in [0.25, 0.3) is 5.56 Å². The first kappa shape index (κ1) is 28.0. The molecule has 2 aromatic carbocycles. The van der Waals surface area contributed by atoms with Gasteiger partial charge in [-0.1, -0.05) is 23.4 Å². The van der Waals surface area contributed by atoms with Crippen molar-refractivity contribution in [3.05, 3.63) is 91.5 Å². The summed E-state index contributed by atoms with van der Waals surface area (Å²) in [6, 6.07) is 10.8. The summed E-state index contributed by atoms with van der Waals surface area (Å²) in [5.74, 6) is 0.123. The van der Waals surface area contributed by atoms with Crippen molar-refractivity contribution in [2.24, 2.45) is 0 Å². The number of nitrogens with zero attached hydrogens (tertiary/aromatic N) is 3. The molecule has 10 nitrogen and oxygen atoms in total. The number of alkyl halides is 3. The summed E-state index contributed by atoms with van der Waals surface area (Å²) in [6.07, 6.45) is -4.57. The fraction of sp³-hybridized carbons (Fsp3) is 0.208. The van der Waals surface area contributed by atoms with E-state index in [1.165, 1.54) is 6.07 Å². The van der Waals surface area contributed by atoms with E-state index in [2.05, 4.69) is 25.5 Å². The molecule has 204 valence electrons. The van der Waals surface area contributed by atoms with Crippen LogP contribution in [-0.4, -0.2) is 43.0 Å². The predicted octanol–water partition coefficient (Wildman–Crippen LogP) is 4.04. The number of thioether (sulfide) groups is 1. The van der Waals surface area contributed by atoms with Crippen LogP contribution in [0.3, 0.4) is 0 Å². The predicted molar refractivity (Wildman–Crippen MR) is 139 cm³/mol. The zero-order valence-electron chi connectivity index (χ0n) is 20.1. The van der Waals surface area contributed by atoms with Crippen molar-refractivity contribution < 1.29 is 22.7 Å². The third kappa shape index (κ3) is 7.09. The molecule has 0 fully saturated rings. The molecule has 0 aliphatic rings. The quantitative estimate of drug-likeness (QED) is 0.254. The molecule has 1 amide bonds. The van der Waals surface area contributed by atoms with Crippen molar-refractivity contribution in [1.82, 2.24) is 24.7 Å². The Kier molecular flexibility index (Phi) is 8.45. The van der Waals surface area contributed by atoms with Gasteiger partial charge in [-0.25, -0.2) is 4.79 Å². The average molecular weight is 581 g/mol. The Hall–Kier alpha value is -4.04. The number of halogens is 4. The van der Waals surface area contributed by atoms with Gasteiger partial charge in [-0.15, -0.1) is 10.2 Å². The second-order valence-electron chi connectivity index (χ2n) is 7.98. The minimum absolute atomic E-state index is 0.0337. The molecule has 39 heavy (non-hydrogen) atoms. The van der Waals surface area contributed by atoms with Gasteiger partial charge in [0.05, 0.1) is 28.6 Å². The maximum atomic E-state index is 13.1. The van der Waals surface area contributed by atoms with Gasteiger partial charge in [0.1, 0.15) is 11.6 Å². The molecular weight excluding hydrogens is 561 g/mol. The van der Waals surface area contributed by atoms with E-state index >= 15 is 0 Å². The molecule has 0 bridgehead atoms. The second kappa shape index (κ2) is 11.8. The molecular formula is C24H20ClF3N6O4S. The Morgan fingerprint density at radius 3 is 2.51 bits per heavy atom. The number of amides is 1. The number of aromatic nitrogens is 5. The summed E-state index contributed by atoms with van der Waals surface area (Å²) in [4.78, 5) is 40.7. The topological polar surface area (TPSA) is 135 Å². The van der Waals surface area contributed by atoms with Crippen LogP contribution in [0.15, 0.2) is 63.3 Å². The third-order valence-electron chi connectivity index (χ3n) is 5.17. The summed E-state index contributed by atoms with van der Waals surface area (Å²) >= 11 is 6.95. The van der Waals surface area contributed by atoms with Gasteiger partial charge >= 0.3 is 11.9 Å². The van der Waals surface area contributed by atoms with E-state index in [-0.39, 0.29) is 33.7 Å². The first-order chi connectivity index (χ1) is 18.5. The van der Waals surface area contributed by atoms with Gasteiger partial charge in [-0.2, -0.15) is 13.2 Å². The fourth-order valence-electron chi connectivity index (χ4n) is 3.52. The summed E-state index contributed by atoms with van der Waals surface area (Å²) in [6.45, 7) is 2.32. The van der Waals surface area contributed by atoms with Crippen molar-refractivity contribution in [3.63, 3.8) is 0 Å². The number of ether oxygens (including phenoxy) is 1. The number of rotatable bonds is 9. The van der Waals surface area contributed by atoms with E-state index in [4.69, 9.17) is 16.3 Å². The molecule has 4 aromatic rings. The van der Waals surface area contributed by atoms with E-state index in [9.17, 15) is 27.6 Å². The van der Waals surface area contributed by atoms with Crippen LogP contribution >= 0.6 is 23.4 Å². The standard InChI is InChI=1S/C24H20ClF3N6O4S/c1-2-38-16-6-4-15(5-7-16)34-19(10-14-11-20(35)31-22(37)29-14)32-33-23(34)39-12-21(36)30-18-9-13(24(26,27)28)3-8-17(18)25/h3-9,11H,2,10,12H2,1H3,(H,30,36)(H2,29,31,35,37). The van der Waals surface area contributed by atoms with Crippen molar-refractivity contribution >= 4 is 35.0 Å². The Morgan fingerprint density at radius 2 is 1.85 bits per heavy atom. The van der Waals surface area contributed by atoms with Crippen LogP contribution in [0, 0.1) is 0 Å². The maximum absolute atomic E-state index is 13.1. The Labute approximate surface area is 227 Å². The molecule has 0 saturated heterocycles. The molecule has 0 aliphatic carbocycles. The summed E-state index contributed by atoms with van der Waals surface area (Å²) < 4.78 is 46.3. The number of carbonyl (C=O) groups excluding carboxylic acids is 1. The highest BCUT2D eigenvalue weighted by molar-refractivity contribution is 7.99. The Bertz CT molecular complexity index is 1570. The zero-order chi connectivity index (χ0) is 28.2. The van der Waals surface area contributed by atoms with Crippen molar-refractivity contribution in [2.75, 3.05) is 17.7 Å². The molecule has 15 heteroatoms. The van der Waals surface area contributed by atoms with Crippen LogP contribution in [0.4, 0.5) is 18.9 Å². The number of aromatic amines is 2. The van der Waals surface area contributed by atoms with Crippen LogP contribution in [0.1, 0.15) is 24.0 Å². The molecule has 2 heterocycles. The molecule has 0 unspecified atom stereocenters. The minimum atomic E-state index is -4.60. The molecule has 0 radical (unpaired) electrons. The minimum Gasteiger partial charge on any atom is -0.494 e. The molecule has 4 rings (SSSR count). The van der Waals surface area contributed by atoms with Crippen molar-refractivity contribution in [2.45, 2.75) is 24.7 Å². The smallest absolute Gasteiger partial charge is 0.416 e. The molecule has 3 N–H and O–H groups in total. The highest BCUT2D eigenvalue weighted by atomic mass is 35.5. The van der Waals surface area contributed by atoms with Crippen molar-refractivity contribution in [1.29, 1.82) is 0 Å². The summed E-state index contributed by atoms with van der Waals surface area (Å²) in [7, 11) is 0. The lowest BCUT2D eigenvalue weighted by molar-refractivity contribution is -0.137. The first-order valence-corrected chi connectivity index (χ1v) is 12.7. The maximum Gasteiger partial charge on any atom is 0.416 e. The number of hydrogen-bond donors (Lipinski definition) is 3. The largest absolute Gasteiger partial charge is 0.494 e. The average Bonchev–Trinajstić information content (AvgIpc) is 3.25. The Morgan fingerprint density at radius 1 is 1.10 bits per heavy atom. The molecule has 2 aromatic heterocycles. The van der Waals surface area contributed by atoms with E-state index < -0.39 is 28.9 Å². The highest BCUT2D eigenvalue weighted by Gasteiger charge is 2.31. The molecule has 0 atom stereocenters. The number of carbonyl (C=O) groups is 1. The van der Waals surface area contributed by atoms with Crippen LogP contribution < -0.4 is 21.3 Å². The number of benzene rings is 2. The third-order valence-corrected chi connectivity index (χ3v) is 6.43. The second-order valence-corrected chi connectivity index (χ2v) is 9.33. The van der Waals surface area contributed by atoms with Gasteiger partial charge in [-0.05, 0) is 49.4 Å². The molecule has 0 aliphatic heterocycles. The van der Waals surface area contributed by atoms with Gasteiger partial charge in [0.15, 0.2) is 5.16 Å². The number of nitrogens with one attached hydrogen (secondary N) is 3. The lowest BCUT2D eigenvalue weighted by atomic mass is 10.2. The highest BCUT2D eigenvalue weighted by Crippen LogP contribution is 2.34. The van der Waals surface area contributed by atoms with Crippen molar-refractivity contribution in [3.8, 4) is 11.4 Å². The molecule has 0 saturated carbocycles. The van der Waals surface area contributed by atoms with Gasteiger partial charge in [0, 0.05) is 23.9 Å². The monoisotopic (exact) mass is 580 g/mol. The number of H-pyrrole nitrogens is 2. The summed E-state index contributed by atoms with van der Waals surface area (Å²) in [5, 5.41) is 10.9. The zero-order valence-corrected chi connectivity index (χ0v) is 21.7. The SMILES string of the molecule is CCOc1ccc(-n2c(Cc3cc(=O)[nH]c(=O)[nH]3)nnc2SCC(=O)Nc2cc(C(F)(F)F)ccc2Cl)cc1. The Balaban J connectivity index is 1.59. The van der Waals surface area contributed by atoms with Crippen LogP contribution in [0.5, 0.6) is 5.75 Å². The van der Waals surface area contributed by atoms with Crippen LogP contribution in [0.25, 0.3) is 5.69 Å². The van der Waals surface area contributed by atoms with E-state index in [1.807, 2.05) is 6.92 Å². The van der Waals surface area contributed by atoms with Crippen LogP contribution in [0.2, 0.25) is 5.02 Å². The number of anilines is 1. The van der Waals surface area contributed by atoms with Gasteiger partial charge < -0.3 is 15.0 Å². The normalized spacial score (nSPS) is 11.4. The van der Waals surface area contributed by atoms with E-state index in [0.717, 1.165) is 30.0 Å². The first-order valence-electron chi connectivity index (χ1n) is 11.3. The lowest BCUT2D eigenvalue weighted by Crippen LogP contribution is -2.23. The van der Waals surface area contributed by atoms with Gasteiger partial charge in [0.2, 0.25) is 5.91 Å².